The molecule has 0 unspecified atom stereocenters. The number of hydrogen-bond acceptors (Lipinski definition) is 0. The highest BCUT2D eigenvalue weighted by molar-refractivity contribution is 6.05. The molecule has 0 aromatic heterocycles. The smallest absolute Gasteiger partial charge is 0.00132 e. The Balaban J connectivity index is 1.33. The van der Waals surface area contributed by atoms with Gasteiger partial charge in [0.2, 0.25) is 0 Å². The zero-order chi connectivity index (χ0) is 28.5. The highest BCUT2D eigenvalue weighted by atomic mass is 14.3. The molecule has 0 amide bonds. The van der Waals surface area contributed by atoms with E-state index in [0.29, 0.717) is 0 Å². The predicted octanol–water partition coefficient (Wildman–Crippen LogP) is 11.1. The van der Waals surface area contributed by atoms with Crippen LogP contribution in [0.5, 0.6) is 0 Å². The van der Waals surface area contributed by atoms with Gasteiger partial charge in [0.1, 0.15) is 0 Å². The van der Waals surface area contributed by atoms with Crippen LogP contribution in [0.3, 0.4) is 0 Å². The molecule has 42 heavy (non-hydrogen) atoms. The SMILES string of the molecule is Cc1cc(C2=Cc3c(ccc4ccccc34)C2)c(-c2cc(C)c(C)cc2C2=Cc3c(ccc4ccccc34)C2)cc1C. The molecule has 0 aliphatic heterocycles. The van der Waals surface area contributed by atoms with Gasteiger partial charge in [0.05, 0.1) is 0 Å². The zero-order valence-corrected chi connectivity index (χ0v) is 24.8. The molecule has 0 saturated carbocycles. The molecule has 2 aliphatic rings. The van der Waals surface area contributed by atoms with Crippen LogP contribution in [0.1, 0.15) is 55.6 Å². The highest BCUT2D eigenvalue weighted by Gasteiger charge is 2.24. The van der Waals surface area contributed by atoms with Crippen LogP contribution in [-0.2, 0) is 12.8 Å². The number of aryl methyl sites for hydroxylation is 4. The first-order valence-corrected chi connectivity index (χ1v) is 15.1. The predicted molar refractivity (Wildman–Crippen MR) is 182 cm³/mol. The zero-order valence-electron chi connectivity index (χ0n) is 24.8. The lowest BCUT2D eigenvalue weighted by atomic mass is 9.84. The van der Waals surface area contributed by atoms with Crippen molar-refractivity contribution in [3.63, 3.8) is 0 Å². The average Bonchev–Trinajstić information content (AvgIpc) is 3.65. The Hall–Kier alpha value is -4.68. The summed E-state index contributed by atoms with van der Waals surface area (Å²) in [7, 11) is 0. The van der Waals surface area contributed by atoms with E-state index in [9.17, 15) is 0 Å². The first-order chi connectivity index (χ1) is 20.4. The van der Waals surface area contributed by atoms with Crippen LogP contribution in [0, 0.1) is 27.7 Å². The van der Waals surface area contributed by atoms with Crippen molar-refractivity contribution in [2.24, 2.45) is 0 Å². The van der Waals surface area contributed by atoms with E-state index in [1.165, 1.54) is 99.5 Å². The molecule has 6 aromatic rings. The van der Waals surface area contributed by atoms with Crippen molar-refractivity contribution in [2.75, 3.05) is 0 Å². The summed E-state index contributed by atoms with van der Waals surface area (Å²) in [6, 6.07) is 36.6. The Morgan fingerprint density at radius 3 is 1.21 bits per heavy atom. The maximum absolute atomic E-state index is 2.46. The summed E-state index contributed by atoms with van der Waals surface area (Å²) in [4.78, 5) is 0. The topological polar surface area (TPSA) is 0 Å². The Bertz CT molecular complexity index is 2010. The Kier molecular flexibility index (Phi) is 5.63. The largest absolute Gasteiger partial charge is 0.0616 e. The summed E-state index contributed by atoms with van der Waals surface area (Å²) >= 11 is 0. The first-order valence-electron chi connectivity index (χ1n) is 15.1. The minimum atomic E-state index is 0.968. The van der Waals surface area contributed by atoms with Gasteiger partial charge in [-0.05, 0) is 152 Å². The van der Waals surface area contributed by atoms with Gasteiger partial charge in [0.15, 0.2) is 0 Å². The fraction of sp³-hybridized carbons (Fsp3) is 0.143. The third-order valence-electron chi connectivity index (χ3n) is 9.77. The van der Waals surface area contributed by atoms with Crippen molar-refractivity contribution in [3.8, 4) is 11.1 Å². The van der Waals surface area contributed by atoms with Gasteiger partial charge in [0, 0.05) is 0 Å². The molecular weight excluding hydrogens is 504 g/mol. The monoisotopic (exact) mass is 538 g/mol. The van der Waals surface area contributed by atoms with Gasteiger partial charge in [-0.15, -0.1) is 0 Å². The second-order valence-corrected chi connectivity index (χ2v) is 12.4. The summed E-state index contributed by atoms with van der Waals surface area (Å²) in [5.41, 5.74) is 19.3. The van der Waals surface area contributed by atoms with Gasteiger partial charge in [-0.25, -0.2) is 0 Å². The van der Waals surface area contributed by atoms with Crippen molar-refractivity contribution in [1.29, 1.82) is 0 Å². The van der Waals surface area contributed by atoms with E-state index in [0.717, 1.165) is 12.8 Å². The molecule has 2 aliphatic carbocycles. The van der Waals surface area contributed by atoms with Crippen LogP contribution in [0.2, 0.25) is 0 Å². The van der Waals surface area contributed by atoms with E-state index in [1.54, 1.807) is 0 Å². The number of benzene rings is 6. The summed E-state index contributed by atoms with van der Waals surface area (Å²) in [5, 5.41) is 5.32. The van der Waals surface area contributed by atoms with E-state index in [-0.39, 0.29) is 0 Å². The number of allylic oxidation sites excluding steroid dienone is 2. The van der Waals surface area contributed by atoms with E-state index in [4.69, 9.17) is 0 Å². The Morgan fingerprint density at radius 2 is 0.786 bits per heavy atom. The molecule has 0 saturated heterocycles. The molecule has 0 bridgehead atoms. The van der Waals surface area contributed by atoms with E-state index >= 15 is 0 Å². The van der Waals surface area contributed by atoms with Crippen molar-refractivity contribution in [2.45, 2.75) is 40.5 Å². The van der Waals surface area contributed by atoms with Crippen molar-refractivity contribution >= 4 is 44.8 Å². The third kappa shape index (κ3) is 3.90. The van der Waals surface area contributed by atoms with E-state index in [1.807, 2.05) is 0 Å². The first kappa shape index (κ1) is 25.1. The van der Waals surface area contributed by atoms with Gasteiger partial charge in [-0.3, -0.25) is 0 Å². The fourth-order valence-corrected chi connectivity index (χ4v) is 7.15. The lowest BCUT2D eigenvalue weighted by Crippen LogP contribution is -1.99. The molecule has 0 nitrogen and oxygen atoms in total. The summed E-state index contributed by atoms with van der Waals surface area (Å²) < 4.78 is 0. The quantitative estimate of drug-likeness (QED) is 0.210. The number of hydrogen-bond donors (Lipinski definition) is 0. The van der Waals surface area contributed by atoms with Crippen LogP contribution in [-0.4, -0.2) is 0 Å². The standard InChI is InChI=1S/C42H34/c1-25-17-37(33-21-31-15-13-29-9-5-7-11-35(29)39(31)23-33)41(19-27(25)3)42-20-28(4)26(2)18-38(42)34-22-32-16-14-30-10-6-8-12-36(30)40(32)24-34/h5-20,23-24H,21-22H2,1-4H3. The molecule has 8 rings (SSSR count). The van der Waals surface area contributed by atoms with Crippen LogP contribution >= 0.6 is 0 Å². The van der Waals surface area contributed by atoms with Gasteiger partial charge in [-0.1, -0.05) is 97.1 Å². The summed E-state index contributed by atoms with van der Waals surface area (Å²) in [5.74, 6) is 0. The molecule has 0 heterocycles. The number of rotatable bonds is 3. The minimum absolute atomic E-state index is 0.968. The van der Waals surface area contributed by atoms with Crippen LogP contribution in [0.15, 0.2) is 97.1 Å². The third-order valence-corrected chi connectivity index (χ3v) is 9.77. The summed E-state index contributed by atoms with van der Waals surface area (Å²) in [6.07, 6.45) is 6.86. The van der Waals surface area contributed by atoms with Gasteiger partial charge >= 0.3 is 0 Å². The van der Waals surface area contributed by atoms with E-state index < -0.39 is 0 Å². The average molecular weight is 539 g/mol. The second kappa shape index (κ2) is 9.43. The normalized spacial score (nSPS) is 13.8. The van der Waals surface area contributed by atoms with Crippen LogP contribution in [0.25, 0.3) is 56.0 Å². The van der Waals surface area contributed by atoms with Crippen molar-refractivity contribution in [1.82, 2.24) is 0 Å². The van der Waals surface area contributed by atoms with Gasteiger partial charge in [-0.2, -0.15) is 0 Å². The molecule has 0 spiro atoms. The second-order valence-electron chi connectivity index (χ2n) is 12.4. The molecule has 0 N–H and O–H groups in total. The fourth-order valence-electron chi connectivity index (χ4n) is 7.15. The lowest BCUT2D eigenvalue weighted by molar-refractivity contribution is 1.27. The molecule has 0 fully saturated rings. The molecule has 0 heteroatoms. The van der Waals surface area contributed by atoms with Crippen LogP contribution < -0.4 is 0 Å². The lowest BCUT2D eigenvalue weighted by Gasteiger charge is -2.20. The van der Waals surface area contributed by atoms with Crippen molar-refractivity contribution < 1.29 is 0 Å². The van der Waals surface area contributed by atoms with E-state index in [2.05, 4.69) is 137 Å². The number of fused-ring (bicyclic) bond motifs is 6. The Morgan fingerprint density at radius 1 is 0.405 bits per heavy atom. The molecule has 0 radical (unpaired) electrons. The summed E-state index contributed by atoms with van der Waals surface area (Å²) in [6.45, 7) is 9.02. The minimum Gasteiger partial charge on any atom is -0.0616 e. The van der Waals surface area contributed by atoms with Gasteiger partial charge < -0.3 is 0 Å². The van der Waals surface area contributed by atoms with Crippen LogP contribution in [0.4, 0.5) is 0 Å². The molecule has 202 valence electrons. The maximum Gasteiger partial charge on any atom is -0.00132 e. The maximum atomic E-state index is 2.46. The van der Waals surface area contributed by atoms with Crippen molar-refractivity contribution in [3.05, 3.63) is 153 Å². The Labute approximate surface area is 248 Å². The molecule has 6 aromatic carbocycles. The van der Waals surface area contributed by atoms with Gasteiger partial charge in [0.25, 0.3) is 0 Å². The molecular formula is C42H34. The molecule has 0 atom stereocenters. The highest BCUT2D eigenvalue weighted by Crippen LogP contribution is 2.45.